The molecule has 0 aliphatic heterocycles. The molecule has 0 rings (SSSR count). The lowest BCUT2D eigenvalue weighted by atomic mass is 9.88. The molecule has 5 N–H and O–H groups in total. The number of hydrogen-bond donors (Lipinski definition) is 5. The van der Waals surface area contributed by atoms with E-state index in [9.17, 15) is 15.0 Å². The molecule has 0 aromatic heterocycles. The van der Waals surface area contributed by atoms with Gasteiger partial charge in [0.1, 0.15) is 6.61 Å². The monoisotopic (exact) mass is 336 g/mol. The molecule has 0 unspecified atom stereocenters. The normalized spacial score (nSPS) is 13.1. The van der Waals surface area contributed by atoms with Crippen molar-refractivity contribution in [3.63, 3.8) is 0 Å². The maximum absolute atomic E-state index is 11.8. The minimum Gasteiger partial charge on any atom is -0.500 e. The van der Waals surface area contributed by atoms with Gasteiger partial charge in [0.25, 0.3) is 0 Å². The highest BCUT2D eigenvalue weighted by molar-refractivity contribution is 5.87. The molecule has 0 aliphatic rings. The van der Waals surface area contributed by atoms with E-state index in [2.05, 4.69) is 0 Å². The third kappa shape index (κ3) is 6.44. The van der Waals surface area contributed by atoms with Crippen LogP contribution in [0.15, 0.2) is 11.8 Å². The summed E-state index contributed by atoms with van der Waals surface area (Å²) in [7, 11) is 0. The van der Waals surface area contributed by atoms with Crippen molar-refractivity contribution in [3.05, 3.63) is 11.8 Å². The Bertz CT molecular complexity index is 355. The number of carbonyl (C=O) groups is 1. The molecule has 23 heavy (non-hydrogen) atoms. The van der Waals surface area contributed by atoms with E-state index in [4.69, 9.17) is 24.8 Å². The van der Waals surface area contributed by atoms with Gasteiger partial charge in [-0.25, -0.2) is 4.79 Å². The fourth-order valence-electron chi connectivity index (χ4n) is 1.48. The summed E-state index contributed by atoms with van der Waals surface area (Å²) < 4.78 is 10.2. The molecule has 0 aliphatic carbocycles. The third-order valence-corrected chi connectivity index (χ3v) is 3.91. The van der Waals surface area contributed by atoms with Crippen LogP contribution < -0.4 is 0 Å². The second kappa shape index (κ2) is 10.6. The largest absolute Gasteiger partial charge is 0.500 e. The van der Waals surface area contributed by atoms with Gasteiger partial charge >= 0.3 is 5.97 Å². The van der Waals surface area contributed by atoms with Crippen molar-refractivity contribution in [3.8, 4) is 0 Å². The van der Waals surface area contributed by atoms with Crippen LogP contribution in [0.25, 0.3) is 0 Å². The summed E-state index contributed by atoms with van der Waals surface area (Å²) >= 11 is 0. The standard InChI is InChI=1S/C15H28O8/c1-3-14(5-16,6-17)11-23-13(21)12(2)4-22-10-15(7-18,8-19)9-20/h4,16-20H,3,5-11H2,1-2H3. The zero-order valence-corrected chi connectivity index (χ0v) is 13.7. The van der Waals surface area contributed by atoms with Gasteiger partial charge in [0.2, 0.25) is 0 Å². The van der Waals surface area contributed by atoms with Crippen molar-refractivity contribution in [1.29, 1.82) is 0 Å². The van der Waals surface area contributed by atoms with Crippen LogP contribution in [0.2, 0.25) is 0 Å². The summed E-state index contributed by atoms with van der Waals surface area (Å²) in [4.78, 5) is 11.8. The molecule has 136 valence electrons. The van der Waals surface area contributed by atoms with E-state index >= 15 is 0 Å². The van der Waals surface area contributed by atoms with Gasteiger partial charge < -0.3 is 35.0 Å². The number of hydrogen-bond acceptors (Lipinski definition) is 8. The molecule has 8 heteroatoms. The summed E-state index contributed by atoms with van der Waals surface area (Å²) in [6.07, 6.45) is 1.56. The van der Waals surface area contributed by atoms with E-state index in [1.54, 1.807) is 6.92 Å². The predicted molar refractivity (Wildman–Crippen MR) is 81.3 cm³/mol. The maximum atomic E-state index is 11.8. The van der Waals surface area contributed by atoms with Crippen molar-refractivity contribution in [2.24, 2.45) is 10.8 Å². The maximum Gasteiger partial charge on any atom is 0.336 e. The van der Waals surface area contributed by atoms with Crippen molar-refractivity contribution in [1.82, 2.24) is 0 Å². The predicted octanol–water partition coefficient (Wildman–Crippen LogP) is -1.21. The molecule has 0 atom stereocenters. The van der Waals surface area contributed by atoms with Gasteiger partial charge in [-0.3, -0.25) is 0 Å². The Balaban J connectivity index is 4.54. The van der Waals surface area contributed by atoms with Crippen LogP contribution in [0, 0.1) is 10.8 Å². The summed E-state index contributed by atoms with van der Waals surface area (Å²) in [6, 6.07) is 0. The van der Waals surface area contributed by atoms with E-state index in [1.165, 1.54) is 6.92 Å². The Morgan fingerprint density at radius 2 is 1.39 bits per heavy atom. The lowest BCUT2D eigenvalue weighted by Crippen LogP contribution is -2.38. The van der Waals surface area contributed by atoms with Gasteiger partial charge in [-0.1, -0.05) is 6.92 Å². The summed E-state index contributed by atoms with van der Waals surface area (Å²) in [6.45, 7) is 0.894. The first-order chi connectivity index (χ1) is 10.9. The van der Waals surface area contributed by atoms with Crippen LogP contribution in [0.5, 0.6) is 0 Å². The molecule has 0 saturated carbocycles. The van der Waals surface area contributed by atoms with Gasteiger partial charge in [0.15, 0.2) is 0 Å². The minimum absolute atomic E-state index is 0.131. The molecule has 0 heterocycles. The number of aliphatic hydroxyl groups excluding tert-OH is 5. The summed E-state index contributed by atoms with van der Waals surface area (Å²) in [5.74, 6) is -0.674. The average molecular weight is 336 g/mol. The second-order valence-electron chi connectivity index (χ2n) is 5.83. The first kappa shape index (κ1) is 21.8. The van der Waals surface area contributed by atoms with E-state index in [0.29, 0.717) is 6.42 Å². The minimum atomic E-state index is -1.19. The molecule has 0 bridgehead atoms. The van der Waals surface area contributed by atoms with Crippen molar-refractivity contribution in [2.75, 3.05) is 46.2 Å². The van der Waals surface area contributed by atoms with Gasteiger partial charge in [-0.05, 0) is 13.3 Å². The fraction of sp³-hybridized carbons (Fsp3) is 0.800. The average Bonchev–Trinajstić information content (AvgIpc) is 2.60. The summed E-state index contributed by atoms with van der Waals surface area (Å²) in [5, 5.41) is 46.0. The zero-order valence-electron chi connectivity index (χ0n) is 13.7. The van der Waals surface area contributed by atoms with Crippen LogP contribution >= 0.6 is 0 Å². The molecule has 0 saturated heterocycles. The van der Waals surface area contributed by atoms with Crippen LogP contribution in [-0.4, -0.2) is 77.8 Å². The molecular formula is C15H28O8. The smallest absolute Gasteiger partial charge is 0.336 e. The Morgan fingerprint density at radius 1 is 0.913 bits per heavy atom. The lowest BCUT2D eigenvalue weighted by molar-refractivity contribution is -0.145. The van der Waals surface area contributed by atoms with E-state index in [0.717, 1.165) is 6.26 Å². The number of ether oxygens (including phenoxy) is 2. The number of esters is 1. The van der Waals surface area contributed by atoms with Gasteiger partial charge in [-0.2, -0.15) is 0 Å². The molecule has 0 aromatic carbocycles. The first-order valence-corrected chi connectivity index (χ1v) is 7.38. The highest BCUT2D eigenvalue weighted by Gasteiger charge is 2.30. The van der Waals surface area contributed by atoms with Crippen molar-refractivity contribution >= 4 is 5.97 Å². The van der Waals surface area contributed by atoms with Crippen LogP contribution in [0.1, 0.15) is 20.3 Å². The SMILES string of the molecule is CCC(CO)(CO)COC(=O)C(C)=COCC(CO)(CO)CO. The zero-order chi connectivity index (χ0) is 17.9. The Morgan fingerprint density at radius 3 is 1.78 bits per heavy atom. The number of rotatable bonds is 12. The number of carbonyl (C=O) groups excluding carboxylic acids is 1. The molecule has 8 nitrogen and oxygen atoms in total. The molecule has 0 aromatic rings. The Labute approximate surface area is 136 Å². The van der Waals surface area contributed by atoms with Crippen LogP contribution in [-0.2, 0) is 14.3 Å². The highest BCUT2D eigenvalue weighted by Crippen LogP contribution is 2.21. The van der Waals surface area contributed by atoms with E-state index in [1.807, 2.05) is 0 Å². The van der Waals surface area contributed by atoms with Crippen LogP contribution in [0.3, 0.4) is 0 Å². The molecule has 0 amide bonds. The van der Waals surface area contributed by atoms with E-state index in [-0.39, 0.29) is 32.0 Å². The molecular weight excluding hydrogens is 308 g/mol. The fourth-order valence-corrected chi connectivity index (χ4v) is 1.48. The topological polar surface area (TPSA) is 137 Å². The summed E-state index contributed by atoms with van der Waals surface area (Å²) in [5.41, 5.74) is -1.93. The van der Waals surface area contributed by atoms with Gasteiger partial charge in [0.05, 0.1) is 62.3 Å². The molecule has 0 fully saturated rings. The first-order valence-electron chi connectivity index (χ1n) is 7.38. The molecule has 0 radical (unpaired) electrons. The highest BCUT2D eigenvalue weighted by atomic mass is 16.5. The van der Waals surface area contributed by atoms with Gasteiger partial charge in [0, 0.05) is 0 Å². The quantitative estimate of drug-likeness (QED) is 0.170. The third-order valence-electron chi connectivity index (χ3n) is 3.91. The van der Waals surface area contributed by atoms with Crippen LogP contribution in [0.4, 0.5) is 0 Å². The van der Waals surface area contributed by atoms with Crippen molar-refractivity contribution < 1.29 is 39.8 Å². The lowest BCUT2D eigenvalue weighted by Gasteiger charge is -2.27. The van der Waals surface area contributed by atoms with Gasteiger partial charge in [-0.15, -0.1) is 0 Å². The second-order valence-corrected chi connectivity index (χ2v) is 5.83. The van der Waals surface area contributed by atoms with Crippen molar-refractivity contribution in [2.45, 2.75) is 20.3 Å². The Hall–Kier alpha value is -1.19. The Kier molecular flexibility index (Phi) is 10.0. The number of aliphatic hydroxyl groups is 5. The van der Waals surface area contributed by atoms with E-state index < -0.39 is 36.6 Å². The molecule has 0 spiro atoms.